The SMILES string of the molecule is COc1cc(C)c(-c2ccnc(CC#N)n2)c(C)c1C. The lowest BCUT2D eigenvalue weighted by molar-refractivity contribution is 0.411. The molecule has 4 heteroatoms. The summed E-state index contributed by atoms with van der Waals surface area (Å²) >= 11 is 0. The average Bonchev–Trinajstić information content (AvgIpc) is 2.44. The minimum atomic E-state index is 0.223. The molecule has 0 aliphatic rings. The number of hydrogen-bond donors (Lipinski definition) is 0. The molecule has 20 heavy (non-hydrogen) atoms. The number of ether oxygens (including phenoxy) is 1. The molecule has 0 fully saturated rings. The highest BCUT2D eigenvalue weighted by Crippen LogP contribution is 2.33. The number of aromatic nitrogens is 2. The third-order valence-corrected chi connectivity index (χ3v) is 3.47. The number of rotatable bonds is 3. The van der Waals surface area contributed by atoms with Crippen molar-refractivity contribution in [3.63, 3.8) is 0 Å². The molecule has 2 aromatic rings. The molecule has 0 bridgehead atoms. The van der Waals surface area contributed by atoms with E-state index in [-0.39, 0.29) is 6.42 Å². The van der Waals surface area contributed by atoms with Crippen molar-refractivity contribution >= 4 is 0 Å². The first-order valence-electron chi connectivity index (χ1n) is 6.42. The van der Waals surface area contributed by atoms with Crippen LogP contribution in [-0.4, -0.2) is 17.1 Å². The Bertz CT molecular complexity index is 687. The van der Waals surface area contributed by atoms with Crippen LogP contribution in [0.1, 0.15) is 22.5 Å². The van der Waals surface area contributed by atoms with Crippen molar-refractivity contribution in [3.05, 3.63) is 40.8 Å². The third kappa shape index (κ3) is 2.48. The summed E-state index contributed by atoms with van der Waals surface area (Å²) in [5.74, 6) is 1.44. The monoisotopic (exact) mass is 267 g/mol. The molecule has 0 N–H and O–H groups in total. The Morgan fingerprint density at radius 2 is 2.00 bits per heavy atom. The summed E-state index contributed by atoms with van der Waals surface area (Å²) in [4.78, 5) is 8.59. The smallest absolute Gasteiger partial charge is 0.142 e. The predicted molar refractivity (Wildman–Crippen MR) is 77.5 cm³/mol. The van der Waals surface area contributed by atoms with Crippen molar-refractivity contribution in [2.24, 2.45) is 0 Å². The van der Waals surface area contributed by atoms with Gasteiger partial charge in [-0.25, -0.2) is 9.97 Å². The molecule has 0 spiro atoms. The first-order valence-corrected chi connectivity index (χ1v) is 6.42. The Hall–Kier alpha value is -2.41. The molecular formula is C16H17N3O. The molecular weight excluding hydrogens is 250 g/mol. The third-order valence-electron chi connectivity index (χ3n) is 3.47. The number of nitrogens with zero attached hydrogens (tertiary/aromatic N) is 3. The van der Waals surface area contributed by atoms with E-state index in [0.717, 1.165) is 33.7 Å². The quantitative estimate of drug-likeness (QED) is 0.857. The van der Waals surface area contributed by atoms with Crippen molar-refractivity contribution in [2.75, 3.05) is 7.11 Å². The van der Waals surface area contributed by atoms with Crippen LogP contribution in [0.25, 0.3) is 11.3 Å². The molecule has 0 amide bonds. The molecule has 0 aliphatic carbocycles. The number of aryl methyl sites for hydroxylation is 1. The predicted octanol–water partition coefficient (Wildman–Crippen LogP) is 3.14. The molecule has 0 atom stereocenters. The van der Waals surface area contributed by atoms with Gasteiger partial charge in [0.1, 0.15) is 11.6 Å². The Balaban J connectivity index is 2.61. The van der Waals surface area contributed by atoms with Crippen molar-refractivity contribution in [3.8, 4) is 23.1 Å². The van der Waals surface area contributed by atoms with E-state index in [1.165, 1.54) is 0 Å². The normalized spacial score (nSPS) is 10.2. The second-order valence-corrected chi connectivity index (χ2v) is 4.71. The Morgan fingerprint density at radius 1 is 1.25 bits per heavy atom. The summed E-state index contributed by atoms with van der Waals surface area (Å²) in [6.07, 6.45) is 1.93. The summed E-state index contributed by atoms with van der Waals surface area (Å²) in [5.41, 5.74) is 5.29. The molecule has 1 aromatic carbocycles. The second kappa shape index (κ2) is 5.70. The summed E-state index contributed by atoms with van der Waals surface area (Å²) in [6, 6.07) is 5.97. The van der Waals surface area contributed by atoms with E-state index in [9.17, 15) is 0 Å². The van der Waals surface area contributed by atoms with Gasteiger partial charge in [-0.3, -0.25) is 0 Å². The molecule has 0 saturated carbocycles. The fourth-order valence-corrected chi connectivity index (χ4v) is 2.35. The average molecular weight is 267 g/mol. The van der Waals surface area contributed by atoms with Crippen LogP contribution >= 0.6 is 0 Å². The van der Waals surface area contributed by atoms with Crippen LogP contribution < -0.4 is 4.74 Å². The van der Waals surface area contributed by atoms with E-state index in [1.807, 2.05) is 26.0 Å². The van der Waals surface area contributed by atoms with Gasteiger partial charge >= 0.3 is 0 Å². The second-order valence-electron chi connectivity index (χ2n) is 4.71. The first kappa shape index (κ1) is 14.0. The maximum Gasteiger partial charge on any atom is 0.142 e. The molecule has 0 unspecified atom stereocenters. The summed E-state index contributed by atoms with van der Waals surface area (Å²) in [7, 11) is 1.68. The van der Waals surface area contributed by atoms with Crippen LogP contribution in [0, 0.1) is 32.1 Å². The number of benzene rings is 1. The van der Waals surface area contributed by atoms with Crippen LogP contribution in [0.15, 0.2) is 18.3 Å². The summed E-state index contributed by atoms with van der Waals surface area (Å²) in [5, 5.41) is 8.76. The van der Waals surface area contributed by atoms with Gasteiger partial charge in [0.25, 0.3) is 0 Å². The molecule has 1 heterocycles. The minimum Gasteiger partial charge on any atom is -0.496 e. The lowest BCUT2D eigenvalue weighted by Crippen LogP contribution is -2.00. The largest absolute Gasteiger partial charge is 0.496 e. The topological polar surface area (TPSA) is 58.8 Å². The van der Waals surface area contributed by atoms with Crippen molar-refractivity contribution in [1.29, 1.82) is 5.26 Å². The number of hydrogen-bond acceptors (Lipinski definition) is 4. The molecule has 2 rings (SSSR count). The fourth-order valence-electron chi connectivity index (χ4n) is 2.35. The van der Waals surface area contributed by atoms with Gasteiger partial charge < -0.3 is 4.74 Å². The van der Waals surface area contributed by atoms with Crippen molar-refractivity contribution in [1.82, 2.24) is 9.97 Å². The Labute approximate surface area is 119 Å². The number of nitriles is 1. The van der Waals surface area contributed by atoms with E-state index in [1.54, 1.807) is 13.3 Å². The molecule has 0 aliphatic heterocycles. The zero-order chi connectivity index (χ0) is 14.7. The van der Waals surface area contributed by atoms with Gasteiger partial charge in [0.2, 0.25) is 0 Å². The van der Waals surface area contributed by atoms with Gasteiger partial charge in [0, 0.05) is 11.8 Å². The molecule has 0 saturated heterocycles. The minimum absolute atomic E-state index is 0.223. The summed E-state index contributed by atoms with van der Waals surface area (Å²) < 4.78 is 5.38. The Morgan fingerprint density at radius 3 is 2.65 bits per heavy atom. The van der Waals surface area contributed by atoms with E-state index < -0.39 is 0 Å². The van der Waals surface area contributed by atoms with Gasteiger partial charge in [-0.1, -0.05) is 0 Å². The molecule has 4 nitrogen and oxygen atoms in total. The lowest BCUT2D eigenvalue weighted by atomic mass is 9.95. The van der Waals surface area contributed by atoms with E-state index in [0.29, 0.717) is 5.82 Å². The van der Waals surface area contributed by atoms with Crippen LogP contribution in [-0.2, 0) is 6.42 Å². The summed E-state index contributed by atoms with van der Waals surface area (Å²) in [6.45, 7) is 6.14. The van der Waals surface area contributed by atoms with Gasteiger partial charge in [0.15, 0.2) is 0 Å². The van der Waals surface area contributed by atoms with Crippen LogP contribution in [0.4, 0.5) is 0 Å². The van der Waals surface area contributed by atoms with Gasteiger partial charge in [-0.05, 0) is 49.6 Å². The van der Waals surface area contributed by atoms with E-state index >= 15 is 0 Å². The highest BCUT2D eigenvalue weighted by molar-refractivity contribution is 5.71. The van der Waals surface area contributed by atoms with Crippen LogP contribution in [0.2, 0.25) is 0 Å². The van der Waals surface area contributed by atoms with E-state index in [4.69, 9.17) is 10.00 Å². The maximum atomic E-state index is 8.76. The lowest BCUT2D eigenvalue weighted by Gasteiger charge is -2.15. The maximum absolute atomic E-state index is 8.76. The standard InChI is InChI=1S/C16H17N3O/c1-10-9-14(20-4)11(2)12(3)16(10)13-6-8-18-15(19-13)5-7-17/h6,8-9H,5H2,1-4H3. The van der Waals surface area contributed by atoms with Gasteiger partial charge in [-0.2, -0.15) is 5.26 Å². The highest BCUT2D eigenvalue weighted by Gasteiger charge is 2.13. The van der Waals surface area contributed by atoms with Gasteiger partial charge in [-0.15, -0.1) is 0 Å². The highest BCUT2D eigenvalue weighted by atomic mass is 16.5. The van der Waals surface area contributed by atoms with Crippen LogP contribution in [0.5, 0.6) is 5.75 Å². The van der Waals surface area contributed by atoms with Crippen LogP contribution in [0.3, 0.4) is 0 Å². The first-order chi connectivity index (χ1) is 9.58. The van der Waals surface area contributed by atoms with Gasteiger partial charge in [0.05, 0.1) is 25.3 Å². The van der Waals surface area contributed by atoms with E-state index in [2.05, 4.69) is 23.0 Å². The fraction of sp³-hybridized carbons (Fsp3) is 0.312. The van der Waals surface area contributed by atoms with Crippen molar-refractivity contribution in [2.45, 2.75) is 27.2 Å². The van der Waals surface area contributed by atoms with Crippen molar-refractivity contribution < 1.29 is 4.74 Å². The molecule has 1 aromatic heterocycles. The molecule has 0 radical (unpaired) electrons. The molecule has 102 valence electrons. The zero-order valence-corrected chi connectivity index (χ0v) is 12.2. The number of methoxy groups -OCH3 is 1. The Kier molecular flexibility index (Phi) is 3.99. The zero-order valence-electron chi connectivity index (χ0n) is 12.2.